The Labute approximate surface area is 114 Å². The van der Waals surface area contributed by atoms with Crippen molar-refractivity contribution in [2.75, 3.05) is 44.2 Å². The number of hydrogen-bond acceptors (Lipinski definition) is 5. The molecule has 1 saturated heterocycles. The Balaban J connectivity index is 1.72. The van der Waals surface area contributed by atoms with E-state index in [4.69, 9.17) is 0 Å². The number of aromatic nitrogens is 1. The van der Waals surface area contributed by atoms with Crippen LogP contribution in [0.5, 0.6) is 0 Å². The smallest absolute Gasteiger partial charge is 0.185 e. The summed E-state index contributed by atoms with van der Waals surface area (Å²) in [6.07, 6.45) is 3.11. The number of hydrogen-bond donors (Lipinski definition) is 1. The molecule has 0 saturated carbocycles. The van der Waals surface area contributed by atoms with Crippen molar-refractivity contribution in [1.82, 2.24) is 15.2 Å². The van der Waals surface area contributed by atoms with E-state index in [9.17, 15) is 0 Å². The molecular formula is C13H24N4S. The number of nitrogens with zero attached hydrogens (tertiary/aromatic N) is 3. The van der Waals surface area contributed by atoms with Gasteiger partial charge >= 0.3 is 0 Å². The van der Waals surface area contributed by atoms with E-state index >= 15 is 0 Å². The molecule has 18 heavy (non-hydrogen) atoms. The maximum absolute atomic E-state index is 4.38. The molecule has 102 valence electrons. The Morgan fingerprint density at radius 1 is 1.39 bits per heavy atom. The van der Waals surface area contributed by atoms with E-state index in [2.05, 4.69) is 39.3 Å². The first-order valence-corrected chi connectivity index (χ1v) is 7.78. The Morgan fingerprint density at radius 2 is 2.17 bits per heavy atom. The molecule has 1 N–H and O–H groups in total. The third-order valence-electron chi connectivity index (χ3n) is 3.49. The minimum absolute atomic E-state index is 0.634. The van der Waals surface area contributed by atoms with E-state index in [-0.39, 0.29) is 0 Å². The molecule has 1 unspecified atom stereocenters. The average Bonchev–Trinajstić information content (AvgIpc) is 2.93. The van der Waals surface area contributed by atoms with E-state index in [1.165, 1.54) is 11.6 Å². The summed E-state index contributed by atoms with van der Waals surface area (Å²) < 4.78 is 0. The number of piperazine rings is 1. The van der Waals surface area contributed by atoms with Crippen molar-refractivity contribution in [1.29, 1.82) is 0 Å². The summed E-state index contributed by atoms with van der Waals surface area (Å²) in [5, 5.41) is 6.73. The standard InChI is InChI=1S/C13H24N4S/c1-3-4-14-11-12(2)16-6-8-17(9-7-16)13-15-5-10-18-13/h5,10,12,14H,3-4,6-9,11H2,1-2H3. The van der Waals surface area contributed by atoms with Crippen LogP contribution in [0.4, 0.5) is 5.13 Å². The van der Waals surface area contributed by atoms with Crippen LogP contribution in [0.25, 0.3) is 0 Å². The van der Waals surface area contributed by atoms with Crippen LogP contribution in [0.1, 0.15) is 20.3 Å². The molecule has 0 aromatic carbocycles. The van der Waals surface area contributed by atoms with E-state index < -0.39 is 0 Å². The Kier molecular flexibility index (Phi) is 5.41. The lowest BCUT2D eigenvalue weighted by Crippen LogP contribution is -2.52. The van der Waals surface area contributed by atoms with Crippen molar-refractivity contribution >= 4 is 16.5 Å². The fourth-order valence-corrected chi connectivity index (χ4v) is 3.04. The van der Waals surface area contributed by atoms with Crippen molar-refractivity contribution in [3.05, 3.63) is 11.6 Å². The molecule has 1 aromatic heterocycles. The van der Waals surface area contributed by atoms with Gasteiger partial charge in [0.05, 0.1) is 0 Å². The zero-order valence-corrected chi connectivity index (χ0v) is 12.2. The highest BCUT2D eigenvalue weighted by Gasteiger charge is 2.21. The highest BCUT2D eigenvalue weighted by atomic mass is 32.1. The van der Waals surface area contributed by atoms with Crippen LogP contribution in [0.2, 0.25) is 0 Å². The first-order chi connectivity index (χ1) is 8.81. The van der Waals surface area contributed by atoms with Gasteiger partial charge in [0.15, 0.2) is 5.13 Å². The van der Waals surface area contributed by atoms with Gasteiger partial charge in [0, 0.05) is 50.3 Å². The van der Waals surface area contributed by atoms with Gasteiger partial charge in [-0.25, -0.2) is 4.98 Å². The molecule has 0 radical (unpaired) electrons. The molecule has 0 bridgehead atoms. The van der Waals surface area contributed by atoms with Crippen LogP contribution < -0.4 is 10.2 Å². The molecule has 5 heteroatoms. The fraction of sp³-hybridized carbons (Fsp3) is 0.769. The van der Waals surface area contributed by atoms with Crippen LogP contribution in [0, 0.1) is 0 Å². The molecule has 1 aromatic rings. The second-order valence-electron chi connectivity index (χ2n) is 4.89. The molecule has 1 atom stereocenters. The SMILES string of the molecule is CCCNCC(C)N1CCN(c2nccs2)CC1. The molecule has 0 amide bonds. The molecule has 0 aliphatic carbocycles. The van der Waals surface area contributed by atoms with Crippen LogP contribution in [-0.4, -0.2) is 55.2 Å². The largest absolute Gasteiger partial charge is 0.346 e. The zero-order chi connectivity index (χ0) is 12.8. The minimum atomic E-state index is 0.634. The van der Waals surface area contributed by atoms with Crippen LogP contribution >= 0.6 is 11.3 Å². The molecular weight excluding hydrogens is 244 g/mol. The molecule has 1 fully saturated rings. The summed E-state index contributed by atoms with van der Waals surface area (Å²) in [6, 6.07) is 0.634. The predicted molar refractivity (Wildman–Crippen MR) is 78.5 cm³/mol. The predicted octanol–water partition coefficient (Wildman–Crippen LogP) is 1.65. The van der Waals surface area contributed by atoms with Gasteiger partial charge in [-0.05, 0) is 19.9 Å². The number of anilines is 1. The summed E-state index contributed by atoms with van der Waals surface area (Å²) in [4.78, 5) is 9.36. The van der Waals surface area contributed by atoms with Crippen molar-refractivity contribution in [3.63, 3.8) is 0 Å². The first kappa shape index (κ1) is 13.8. The number of rotatable bonds is 6. The van der Waals surface area contributed by atoms with Gasteiger partial charge in [-0.1, -0.05) is 6.92 Å². The average molecular weight is 268 g/mol. The molecule has 2 rings (SSSR count). The maximum atomic E-state index is 4.38. The number of nitrogens with one attached hydrogen (secondary N) is 1. The monoisotopic (exact) mass is 268 g/mol. The Hall–Kier alpha value is -0.650. The topological polar surface area (TPSA) is 31.4 Å². The normalized spacial score (nSPS) is 19.1. The second-order valence-corrected chi connectivity index (χ2v) is 5.76. The fourth-order valence-electron chi connectivity index (χ4n) is 2.34. The zero-order valence-electron chi connectivity index (χ0n) is 11.4. The van der Waals surface area contributed by atoms with Crippen LogP contribution in [0.3, 0.4) is 0 Å². The van der Waals surface area contributed by atoms with Crippen LogP contribution in [0.15, 0.2) is 11.6 Å². The summed E-state index contributed by atoms with van der Waals surface area (Å²) >= 11 is 1.74. The van der Waals surface area contributed by atoms with Gasteiger partial charge < -0.3 is 10.2 Å². The molecule has 2 heterocycles. The van der Waals surface area contributed by atoms with Crippen molar-refractivity contribution < 1.29 is 0 Å². The Bertz CT molecular complexity index is 320. The first-order valence-electron chi connectivity index (χ1n) is 6.90. The summed E-state index contributed by atoms with van der Waals surface area (Å²) in [7, 11) is 0. The molecule has 0 spiro atoms. The van der Waals surface area contributed by atoms with Crippen molar-refractivity contribution in [2.45, 2.75) is 26.3 Å². The molecule has 1 aliphatic heterocycles. The summed E-state index contributed by atoms with van der Waals surface area (Å²) in [6.45, 7) is 11.3. The second kappa shape index (κ2) is 7.07. The van der Waals surface area contributed by atoms with Crippen LogP contribution in [-0.2, 0) is 0 Å². The van der Waals surface area contributed by atoms with Crippen molar-refractivity contribution in [3.8, 4) is 0 Å². The lowest BCUT2D eigenvalue weighted by molar-refractivity contribution is 0.193. The van der Waals surface area contributed by atoms with Gasteiger partial charge in [-0.3, -0.25) is 4.90 Å². The third-order valence-corrected chi connectivity index (χ3v) is 4.33. The minimum Gasteiger partial charge on any atom is -0.346 e. The van der Waals surface area contributed by atoms with Gasteiger partial charge in [0.2, 0.25) is 0 Å². The van der Waals surface area contributed by atoms with E-state index in [1.54, 1.807) is 11.3 Å². The highest BCUT2D eigenvalue weighted by Crippen LogP contribution is 2.19. The Morgan fingerprint density at radius 3 is 2.78 bits per heavy atom. The van der Waals surface area contributed by atoms with Gasteiger partial charge in [-0.15, -0.1) is 11.3 Å². The van der Waals surface area contributed by atoms with Gasteiger partial charge in [0.1, 0.15) is 0 Å². The van der Waals surface area contributed by atoms with Crippen molar-refractivity contribution in [2.24, 2.45) is 0 Å². The lowest BCUT2D eigenvalue weighted by Gasteiger charge is -2.38. The quantitative estimate of drug-likeness (QED) is 0.795. The molecule has 1 aliphatic rings. The highest BCUT2D eigenvalue weighted by molar-refractivity contribution is 7.13. The summed E-state index contributed by atoms with van der Waals surface area (Å²) in [5.74, 6) is 0. The maximum Gasteiger partial charge on any atom is 0.185 e. The van der Waals surface area contributed by atoms with E-state index in [0.29, 0.717) is 6.04 Å². The lowest BCUT2D eigenvalue weighted by atomic mass is 10.2. The summed E-state index contributed by atoms with van der Waals surface area (Å²) in [5.41, 5.74) is 0. The molecule has 4 nitrogen and oxygen atoms in total. The van der Waals surface area contributed by atoms with E-state index in [0.717, 1.165) is 39.3 Å². The third kappa shape index (κ3) is 3.67. The van der Waals surface area contributed by atoms with E-state index in [1.807, 2.05) is 6.20 Å². The number of thiazole rings is 1. The van der Waals surface area contributed by atoms with Gasteiger partial charge in [-0.2, -0.15) is 0 Å². The van der Waals surface area contributed by atoms with Gasteiger partial charge in [0.25, 0.3) is 0 Å².